The molecular formula is C15H22N2OS. The third-order valence-corrected chi connectivity index (χ3v) is 4.59. The first-order valence-corrected chi connectivity index (χ1v) is 7.81. The average molecular weight is 278 g/mol. The fraction of sp³-hybridized carbons (Fsp3) is 0.533. The molecule has 1 atom stereocenters. The molecule has 0 aliphatic carbocycles. The van der Waals surface area contributed by atoms with Crippen molar-refractivity contribution in [1.82, 2.24) is 10.2 Å². The lowest BCUT2D eigenvalue weighted by molar-refractivity contribution is -0.131. The molecule has 0 radical (unpaired) electrons. The fourth-order valence-electron chi connectivity index (χ4n) is 2.24. The molecule has 1 N–H and O–H groups in total. The number of benzene rings is 1. The largest absolute Gasteiger partial charge is 0.341 e. The average Bonchev–Trinajstić information content (AvgIpc) is 2.94. The van der Waals surface area contributed by atoms with Crippen LogP contribution in [0.25, 0.3) is 0 Å². The highest BCUT2D eigenvalue weighted by Gasteiger charge is 2.22. The Kier molecular flexibility index (Phi) is 5.28. The van der Waals surface area contributed by atoms with Gasteiger partial charge in [-0.3, -0.25) is 4.79 Å². The van der Waals surface area contributed by atoms with Crippen molar-refractivity contribution in [2.24, 2.45) is 0 Å². The van der Waals surface area contributed by atoms with Crippen LogP contribution in [0.3, 0.4) is 0 Å². The summed E-state index contributed by atoms with van der Waals surface area (Å²) in [7, 11) is 1.93. The lowest BCUT2D eigenvalue weighted by atomic mass is 10.2. The normalized spacial score (nSPS) is 18.5. The molecule has 104 valence electrons. The van der Waals surface area contributed by atoms with Crippen LogP contribution < -0.4 is 5.32 Å². The van der Waals surface area contributed by atoms with E-state index in [1.165, 1.54) is 10.5 Å². The molecule has 1 unspecified atom stereocenters. The van der Waals surface area contributed by atoms with Crippen molar-refractivity contribution >= 4 is 17.7 Å². The SMILES string of the molecule is Cc1ccc(SCCC(=O)N(C)C2CCNC2)cc1. The van der Waals surface area contributed by atoms with Gasteiger partial charge in [0.15, 0.2) is 0 Å². The number of nitrogens with zero attached hydrogens (tertiary/aromatic N) is 1. The van der Waals surface area contributed by atoms with Crippen LogP contribution in [0, 0.1) is 6.92 Å². The van der Waals surface area contributed by atoms with E-state index in [1.807, 2.05) is 11.9 Å². The van der Waals surface area contributed by atoms with Crippen molar-refractivity contribution in [3.63, 3.8) is 0 Å². The summed E-state index contributed by atoms with van der Waals surface area (Å²) in [6.45, 7) is 4.05. The van der Waals surface area contributed by atoms with Crippen LogP contribution in [0.1, 0.15) is 18.4 Å². The van der Waals surface area contributed by atoms with E-state index >= 15 is 0 Å². The van der Waals surface area contributed by atoms with Gasteiger partial charge in [0.25, 0.3) is 0 Å². The molecule has 1 fully saturated rings. The molecule has 1 saturated heterocycles. The molecule has 1 amide bonds. The van der Waals surface area contributed by atoms with E-state index in [0.29, 0.717) is 12.5 Å². The third-order valence-electron chi connectivity index (χ3n) is 3.58. The number of thioether (sulfide) groups is 1. The smallest absolute Gasteiger partial charge is 0.223 e. The Morgan fingerprint density at radius 1 is 1.42 bits per heavy atom. The van der Waals surface area contributed by atoms with Gasteiger partial charge in [0.05, 0.1) is 0 Å². The number of carbonyl (C=O) groups is 1. The number of likely N-dealkylation sites (N-methyl/N-ethyl adjacent to an activating group) is 1. The van der Waals surface area contributed by atoms with Crippen LogP contribution in [0.5, 0.6) is 0 Å². The molecule has 19 heavy (non-hydrogen) atoms. The van der Waals surface area contributed by atoms with E-state index in [-0.39, 0.29) is 5.91 Å². The number of hydrogen-bond donors (Lipinski definition) is 1. The van der Waals surface area contributed by atoms with Crippen LogP contribution in [0.15, 0.2) is 29.2 Å². The van der Waals surface area contributed by atoms with Gasteiger partial charge in [0.1, 0.15) is 0 Å². The molecule has 0 aromatic heterocycles. The van der Waals surface area contributed by atoms with Gasteiger partial charge >= 0.3 is 0 Å². The van der Waals surface area contributed by atoms with Gasteiger partial charge in [-0.1, -0.05) is 17.7 Å². The summed E-state index contributed by atoms with van der Waals surface area (Å²) in [6, 6.07) is 8.85. The van der Waals surface area contributed by atoms with Crippen LogP contribution in [0.4, 0.5) is 0 Å². The van der Waals surface area contributed by atoms with Gasteiger partial charge in [-0.2, -0.15) is 0 Å². The lowest BCUT2D eigenvalue weighted by Gasteiger charge is -2.23. The minimum Gasteiger partial charge on any atom is -0.341 e. The number of carbonyl (C=O) groups excluding carboxylic acids is 1. The van der Waals surface area contributed by atoms with Crippen LogP contribution in [0.2, 0.25) is 0 Å². The number of rotatable bonds is 5. The highest BCUT2D eigenvalue weighted by atomic mass is 32.2. The first-order chi connectivity index (χ1) is 9.16. The predicted octanol–water partition coefficient (Wildman–Crippen LogP) is 2.30. The maximum atomic E-state index is 12.1. The molecule has 4 heteroatoms. The van der Waals surface area contributed by atoms with Crippen molar-refractivity contribution < 1.29 is 4.79 Å². The minimum absolute atomic E-state index is 0.258. The summed E-state index contributed by atoms with van der Waals surface area (Å²) < 4.78 is 0. The Morgan fingerprint density at radius 3 is 2.79 bits per heavy atom. The van der Waals surface area contributed by atoms with Crippen molar-refractivity contribution in [3.05, 3.63) is 29.8 Å². The quantitative estimate of drug-likeness (QED) is 0.839. The van der Waals surface area contributed by atoms with Gasteiger partial charge in [-0.15, -0.1) is 11.8 Å². The second-order valence-corrected chi connectivity index (χ2v) is 6.23. The first-order valence-electron chi connectivity index (χ1n) is 6.82. The predicted molar refractivity (Wildman–Crippen MR) is 80.6 cm³/mol. The number of hydrogen-bond acceptors (Lipinski definition) is 3. The highest BCUT2D eigenvalue weighted by molar-refractivity contribution is 7.99. The van der Waals surface area contributed by atoms with E-state index in [1.54, 1.807) is 11.8 Å². The van der Waals surface area contributed by atoms with E-state index in [4.69, 9.17) is 0 Å². The van der Waals surface area contributed by atoms with Crippen molar-refractivity contribution in [1.29, 1.82) is 0 Å². The summed E-state index contributed by atoms with van der Waals surface area (Å²) in [6.07, 6.45) is 1.69. The molecule has 0 saturated carbocycles. The maximum absolute atomic E-state index is 12.1. The molecule has 0 spiro atoms. The summed E-state index contributed by atoms with van der Waals surface area (Å²) in [4.78, 5) is 15.2. The zero-order valence-corrected chi connectivity index (χ0v) is 12.5. The third kappa shape index (κ3) is 4.25. The summed E-state index contributed by atoms with van der Waals surface area (Å²) in [5, 5.41) is 3.30. The maximum Gasteiger partial charge on any atom is 0.223 e. The molecule has 1 heterocycles. The van der Waals surface area contributed by atoms with Gasteiger partial charge < -0.3 is 10.2 Å². The standard InChI is InChI=1S/C15H22N2OS/c1-12-3-5-14(6-4-12)19-10-8-15(18)17(2)13-7-9-16-11-13/h3-6,13,16H,7-11H2,1-2H3. The summed E-state index contributed by atoms with van der Waals surface area (Å²) in [5.41, 5.74) is 1.27. The summed E-state index contributed by atoms with van der Waals surface area (Å²) in [5.74, 6) is 1.11. The lowest BCUT2D eigenvalue weighted by Crippen LogP contribution is -2.38. The number of aryl methyl sites for hydroxylation is 1. The highest BCUT2D eigenvalue weighted by Crippen LogP contribution is 2.19. The zero-order valence-electron chi connectivity index (χ0n) is 11.7. The molecule has 1 aromatic carbocycles. The van der Waals surface area contributed by atoms with Crippen LogP contribution in [-0.4, -0.2) is 42.7 Å². The van der Waals surface area contributed by atoms with Gasteiger partial charge in [-0.25, -0.2) is 0 Å². The fourth-order valence-corrected chi connectivity index (χ4v) is 3.08. The number of nitrogens with one attached hydrogen (secondary N) is 1. The minimum atomic E-state index is 0.258. The molecule has 1 aromatic rings. The van der Waals surface area contributed by atoms with Crippen molar-refractivity contribution in [2.45, 2.75) is 30.7 Å². The molecule has 1 aliphatic heterocycles. The van der Waals surface area contributed by atoms with Crippen LogP contribution >= 0.6 is 11.8 Å². The second-order valence-electron chi connectivity index (χ2n) is 5.06. The molecule has 3 nitrogen and oxygen atoms in total. The van der Waals surface area contributed by atoms with E-state index in [2.05, 4.69) is 36.5 Å². The van der Waals surface area contributed by atoms with E-state index in [0.717, 1.165) is 25.3 Å². The van der Waals surface area contributed by atoms with Gasteiger partial charge in [0, 0.05) is 36.7 Å². The molecular weight excluding hydrogens is 256 g/mol. The Morgan fingerprint density at radius 2 is 2.16 bits per heavy atom. The van der Waals surface area contributed by atoms with Gasteiger partial charge in [-0.05, 0) is 32.0 Å². The number of amides is 1. The first kappa shape index (κ1) is 14.4. The van der Waals surface area contributed by atoms with E-state index in [9.17, 15) is 4.79 Å². The van der Waals surface area contributed by atoms with Crippen molar-refractivity contribution in [3.8, 4) is 0 Å². The van der Waals surface area contributed by atoms with Crippen molar-refractivity contribution in [2.75, 3.05) is 25.9 Å². The Labute approximate surface area is 119 Å². The molecule has 0 bridgehead atoms. The topological polar surface area (TPSA) is 32.3 Å². The van der Waals surface area contributed by atoms with Crippen LogP contribution in [-0.2, 0) is 4.79 Å². The van der Waals surface area contributed by atoms with Gasteiger partial charge in [0.2, 0.25) is 5.91 Å². The molecule has 1 aliphatic rings. The molecule has 2 rings (SSSR count). The zero-order chi connectivity index (χ0) is 13.7. The monoisotopic (exact) mass is 278 g/mol. The van der Waals surface area contributed by atoms with E-state index < -0.39 is 0 Å². The Balaban J connectivity index is 1.72. The second kappa shape index (κ2) is 6.96. The summed E-state index contributed by atoms with van der Waals surface area (Å²) >= 11 is 1.75. The Hall–Kier alpha value is -1.00. The Bertz CT molecular complexity index is 413.